The molecule has 3 heteroatoms. The molecule has 0 saturated carbocycles. The fraction of sp³-hybridized carbons (Fsp3) is 0.143. The van der Waals surface area contributed by atoms with Gasteiger partial charge in [-0.05, 0) is 109 Å². The number of fused-ring (bicyclic) bond motifs is 7. The molecule has 2 heterocycles. The van der Waals surface area contributed by atoms with Gasteiger partial charge in [-0.15, -0.1) is 0 Å². The van der Waals surface area contributed by atoms with Crippen molar-refractivity contribution in [2.45, 2.75) is 51.4 Å². The number of aromatic nitrogens is 1. The second-order valence-corrected chi connectivity index (χ2v) is 21.8. The van der Waals surface area contributed by atoms with Crippen LogP contribution in [0.2, 0.25) is 0 Å². The van der Waals surface area contributed by atoms with E-state index in [4.69, 9.17) is 4.42 Å². The minimum atomic E-state index is -2.79. The molecule has 0 aliphatic heterocycles. The lowest BCUT2D eigenvalue weighted by Crippen LogP contribution is -2.74. The van der Waals surface area contributed by atoms with E-state index in [1.807, 2.05) is 12.1 Å². The molecule has 0 bridgehead atoms. The summed E-state index contributed by atoms with van der Waals surface area (Å²) in [6.45, 7) is 9.75. The average Bonchev–Trinajstić information content (AvgIpc) is 3.82. The summed E-state index contributed by atoms with van der Waals surface area (Å²) in [5.74, 6) is 0. The summed E-state index contributed by atoms with van der Waals surface area (Å²) in [4.78, 5) is 0. The van der Waals surface area contributed by atoms with Gasteiger partial charge < -0.3 is 8.98 Å². The van der Waals surface area contributed by atoms with Crippen molar-refractivity contribution in [2.24, 2.45) is 0 Å². The predicted molar refractivity (Wildman–Crippen MR) is 252 cm³/mol. The lowest BCUT2D eigenvalue weighted by Gasteiger charge is -2.43. The van der Waals surface area contributed by atoms with E-state index in [1.165, 1.54) is 77.6 Å². The minimum Gasteiger partial charge on any atom is -0.456 e. The molecule has 0 fully saturated rings. The summed E-state index contributed by atoms with van der Waals surface area (Å²) in [5, 5.41) is 10.4. The zero-order chi connectivity index (χ0) is 39.9. The molecule has 10 aromatic rings. The smallest absolute Gasteiger partial charge is 0.179 e. The highest BCUT2D eigenvalue weighted by atomic mass is 28.3. The van der Waals surface area contributed by atoms with Crippen LogP contribution in [0, 0.1) is 0 Å². The number of nitrogens with zero attached hydrogens (tertiary/aromatic N) is 1. The van der Waals surface area contributed by atoms with E-state index in [-0.39, 0.29) is 10.8 Å². The van der Waals surface area contributed by atoms with E-state index < -0.39 is 8.07 Å². The van der Waals surface area contributed by atoms with E-state index in [1.54, 1.807) is 0 Å². The normalized spacial score (nSPS) is 14.9. The molecule has 1 aliphatic rings. The maximum Gasteiger partial charge on any atom is 0.179 e. The summed E-state index contributed by atoms with van der Waals surface area (Å²) in [6, 6.07) is 70.6. The number of rotatable bonds is 6. The zero-order valence-corrected chi connectivity index (χ0v) is 35.2. The van der Waals surface area contributed by atoms with Gasteiger partial charge in [0.05, 0.1) is 11.0 Å². The Hall–Kier alpha value is -6.42. The van der Waals surface area contributed by atoms with Crippen LogP contribution in [-0.4, -0.2) is 12.6 Å². The number of para-hydroxylation sites is 2. The first kappa shape index (κ1) is 35.7. The molecule has 1 aliphatic carbocycles. The minimum absolute atomic E-state index is 0.103. The average molecular weight is 778 g/mol. The summed E-state index contributed by atoms with van der Waals surface area (Å²) in [7, 11) is -2.79. The number of furan rings is 1. The molecule has 0 radical (unpaired) electrons. The molecular weight excluding hydrogens is 731 g/mol. The van der Waals surface area contributed by atoms with Crippen molar-refractivity contribution in [1.82, 2.24) is 4.57 Å². The van der Waals surface area contributed by atoms with Gasteiger partial charge in [-0.25, -0.2) is 0 Å². The van der Waals surface area contributed by atoms with Crippen LogP contribution in [0.3, 0.4) is 0 Å². The molecule has 0 spiro atoms. The van der Waals surface area contributed by atoms with Gasteiger partial charge in [-0.3, -0.25) is 0 Å². The van der Waals surface area contributed by atoms with Crippen LogP contribution in [0.25, 0.3) is 60.6 Å². The summed E-state index contributed by atoms with van der Waals surface area (Å²) >= 11 is 0. The fourth-order valence-electron chi connectivity index (χ4n) is 10.4. The molecule has 286 valence electrons. The Bertz CT molecular complexity index is 3160. The third-order valence-electron chi connectivity index (χ3n) is 13.6. The van der Waals surface area contributed by atoms with E-state index in [0.29, 0.717) is 0 Å². The van der Waals surface area contributed by atoms with Crippen molar-refractivity contribution < 1.29 is 4.42 Å². The quantitative estimate of drug-likeness (QED) is 0.121. The van der Waals surface area contributed by atoms with Gasteiger partial charge in [0.25, 0.3) is 0 Å². The monoisotopic (exact) mass is 777 g/mol. The van der Waals surface area contributed by atoms with Crippen LogP contribution in [0.5, 0.6) is 0 Å². The summed E-state index contributed by atoms with van der Waals surface area (Å²) in [6.07, 6.45) is 2.39. The first-order chi connectivity index (χ1) is 28.7. The highest BCUT2D eigenvalue weighted by Crippen LogP contribution is 2.45. The Morgan fingerprint density at radius 3 is 1.68 bits per heavy atom. The topological polar surface area (TPSA) is 18.1 Å². The Morgan fingerprint density at radius 2 is 0.949 bits per heavy atom. The van der Waals surface area contributed by atoms with E-state index in [0.717, 1.165) is 27.6 Å². The largest absolute Gasteiger partial charge is 0.456 e. The summed E-state index contributed by atoms with van der Waals surface area (Å²) < 4.78 is 8.65. The Labute approximate surface area is 347 Å². The Kier molecular flexibility index (Phi) is 8.06. The predicted octanol–water partition coefficient (Wildman–Crippen LogP) is 12.1. The molecule has 0 N–H and O–H groups in total. The van der Waals surface area contributed by atoms with Gasteiger partial charge in [0, 0.05) is 27.2 Å². The van der Waals surface area contributed by atoms with Crippen molar-refractivity contribution >= 4 is 72.6 Å². The Morgan fingerprint density at radius 1 is 0.407 bits per heavy atom. The van der Waals surface area contributed by atoms with Crippen molar-refractivity contribution in [3.05, 3.63) is 199 Å². The lowest BCUT2D eigenvalue weighted by atomic mass is 9.63. The van der Waals surface area contributed by atoms with Gasteiger partial charge in [0.1, 0.15) is 11.2 Å². The molecule has 59 heavy (non-hydrogen) atoms. The van der Waals surface area contributed by atoms with Crippen LogP contribution in [0.15, 0.2) is 192 Å². The first-order valence-electron chi connectivity index (χ1n) is 21.0. The Balaban J connectivity index is 1.11. The SMILES string of the molecule is CC1(C)CCC(C)(C)c2cc([Si](c3ccccc3)(c3ccccc3)c3ccc(-n4c5ccccc5c5ccc(-c6ccc7oc8ccccc8c7c6)cc54)cc3)ccc21. The number of hydrogen-bond donors (Lipinski definition) is 0. The highest BCUT2D eigenvalue weighted by Gasteiger charge is 2.44. The second kappa shape index (κ2) is 13.3. The van der Waals surface area contributed by atoms with Crippen molar-refractivity contribution in [1.29, 1.82) is 0 Å². The van der Waals surface area contributed by atoms with Crippen molar-refractivity contribution in [3.8, 4) is 16.8 Å². The van der Waals surface area contributed by atoms with Crippen LogP contribution in [0.1, 0.15) is 51.7 Å². The van der Waals surface area contributed by atoms with E-state index in [2.05, 4.69) is 208 Å². The lowest BCUT2D eigenvalue weighted by molar-refractivity contribution is 0.332. The van der Waals surface area contributed by atoms with Gasteiger partial charge >= 0.3 is 0 Å². The van der Waals surface area contributed by atoms with Crippen LogP contribution >= 0.6 is 0 Å². The van der Waals surface area contributed by atoms with Crippen LogP contribution in [0.4, 0.5) is 0 Å². The van der Waals surface area contributed by atoms with Gasteiger partial charge in [0.15, 0.2) is 8.07 Å². The molecule has 0 amide bonds. The number of hydrogen-bond acceptors (Lipinski definition) is 1. The van der Waals surface area contributed by atoms with Gasteiger partial charge in [-0.1, -0.05) is 173 Å². The third-order valence-corrected chi connectivity index (χ3v) is 18.4. The van der Waals surface area contributed by atoms with E-state index >= 15 is 0 Å². The fourth-order valence-corrected chi connectivity index (χ4v) is 15.1. The molecule has 0 saturated heterocycles. The second-order valence-electron chi connectivity index (χ2n) is 18.0. The molecule has 8 aromatic carbocycles. The van der Waals surface area contributed by atoms with Gasteiger partial charge in [-0.2, -0.15) is 0 Å². The molecule has 2 aromatic heterocycles. The zero-order valence-electron chi connectivity index (χ0n) is 34.2. The van der Waals surface area contributed by atoms with Crippen molar-refractivity contribution in [2.75, 3.05) is 0 Å². The van der Waals surface area contributed by atoms with Gasteiger partial charge in [0.2, 0.25) is 0 Å². The van der Waals surface area contributed by atoms with Crippen molar-refractivity contribution in [3.63, 3.8) is 0 Å². The third kappa shape index (κ3) is 5.52. The highest BCUT2D eigenvalue weighted by molar-refractivity contribution is 7.19. The maximum absolute atomic E-state index is 6.19. The van der Waals surface area contributed by atoms with Crippen LogP contribution < -0.4 is 20.7 Å². The number of benzene rings is 8. The maximum atomic E-state index is 6.19. The molecule has 0 unspecified atom stereocenters. The molecule has 0 atom stereocenters. The first-order valence-corrected chi connectivity index (χ1v) is 23.0. The van der Waals surface area contributed by atoms with Crippen LogP contribution in [-0.2, 0) is 10.8 Å². The van der Waals surface area contributed by atoms with E-state index in [9.17, 15) is 0 Å². The molecule has 11 rings (SSSR count). The molecule has 2 nitrogen and oxygen atoms in total. The standard InChI is InChI=1S/C56H47NOSi/c1-55(2)33-34-56(3,4)50-37-44(29-31-49(50)55)59(41-15-7-5-8-16-41,42-17-9-6-10-18-42)43-27-25-40(26-28-43)57-51-21-13-11-19-45(51)46-30-23-39(36-52(46)57)38-24-32-54-48(35-38)47-20-12-14-22-53(47)58-54/h5-32,35-37H,33-34H2,1-4H3. The summed E-state index contributed by atoms with van der Waals surface area (Å²) in [5.41, 5.74) is 11.0. The molecular formula is C56H47NOSi.